The number of hydrogen-bond acceptors (Lipinski definition) is 5. The fourth-order valence-corrected chi connectivity index (χ4v) is 4.85. The molecule has 2 heterocycles. The number of benzene rings is 2. The minimum atomic E-state index is 0.568. The third-order valence-electron chi connectivity index (χ3n) is 6.40. The number of anilines is 1. The second-order valence-electron chi connectivity index (χ2n) is 8.83. The molecule has 0 fully saturated rings. The molecule has 0 radical (unpaired) electrons. The summed E-state index contributed by atoms with van der Waals surface area (Å²) >= 11 is 0. The van der Waals surface area contributed by atoms with Crippen molar-refractivity contribution in [1.29, 1.82) is 0 Å². The van der Waals surface area contributed by atoms with Crippen molar-refractivity contribution in [1.82, 2.24) is 9.97 Å². The third-order valence-corrected chi connectivity index (χ3v) is 6.40. The standard InChI is InChI=1S/C29H37N3O2/c1-6-15-32(16-7-2)28-20(5)30-29(26-21(8-3)11-10-12-22(26)9-4)31-27(28)23-13-14-24-25(19-23)34-18-17-33-24/h10-14,19H,6-9,15-18H2,1-5H3. The van der Waals surface area contributed by atoms with Crippen molar-refractivity contribution in [3.8, 4) is 34.1 Å². The Hall–Kier alpha value is -3.08. The van der Waals surface area contributed by atoms with Crippen molar-refractivity contribution in [3.05, 3.63) is 53.2 Å². The second-order valence-corrected chi connectivity index (χ2v) is 8.83. The van der Waals surface area contributed by atoms with E-state index in [1.165, 1.54) is 16.7 Å². The Morgan fingerprint density at radius 1 is 0.824 bits per heavy atom. The summed E-state index contributed by atoms with van der Waals surface area (Å²) in [5, 5.41) is 0. The monoisotopic (exact) mass is 459 g/mol. The van der Waals surface area contributed by atoms with Crippen LogP contribution in [0, 0.1) is 6.92 Å². The topological polar surface area (TPSA) is 47.5 Å². The lowest BCUT2D eigenvalue weighted by Gasteiger charge is -2.28. The highest BCUT2D eigenvalue weighted by atomic mass is 16.6. The first-order chi connectivity index (χ1) is 16.6. The van der Waals surface area contributed by atoms with Crippen molar-refractivity contribution in [3.63, 3.8) is 0 Å². The molecule has 1 aliphatic heterocycles. The zero-order valence-electron chi connectivity index (χ0n) is 21.3. The first kappa shape index (κ1) is 24.1. The van der Waals surface area contributed by atoms with Crippen LogP contribution in [0.1, 0.15) is 57.4 Å². The van der Waals surface area contributed by atoms with Gasteiger partial charge in [-0.1, -0.05) is 45.9 Å². The molecule has 0 unspecified atom stereocenters. The molecule has 180 valence electrons. The molecule has 5 heteroatoms. The molecular formula is C29H37N3O2. The van der Waals surface area contributed by atoms with Crippen molar-refractivity contribution in [2.75, 3.05) is 31.2 Å². The van der Waals surface area contributed by atoms with Gasteiger partial charge in [0.2, 0.25) is 0 Å². The maximum Gasteiger partial charge on any atom is 0.162 e. The van der Waals surface area contributed by atoms with E-state index in [1.807, 2.05) is 6.07 Å². The quantitative estimate of drug-likeness (QED) is 0.359. The van der Waals surface area contributed by atoms with Crippen LogP contribution in [0.2, 0.25) is 0 Å². The van der Waals surface area contributed by atoms with Crippen LogP contribution in [0.3, 0.4) is 0 Å². The highest BCUT2D eigenvalue weighted by Crippen LogP contribution is 2.40. The van der Waals surface area contributed by atoms with Gasteiger partial charge in [0.25, 0.3) is 0 Å². The molecule has 34 heavy (non-hydrogen) atoms. The fourth-order valence-electron chi connectivity index (χ4n) is 4.85. The van der Waals surface area contributed by atoms with Crippen LogP contribution in [0.25, 0.3) is 22.6 Å². The molecule has 2 aromatic carbocycles. The van der Waals surface area contributed by atoms with Crippen LogP contribution in [-0.4, -0.2) is 36.3 Å². The molecule has 4 rings (SSSR count). The lowest BCUT2D eigenvalue weighted by Crippen LogP contribution is -2.27. The van der Waals surface area contributed by atoms with Crippen molar-refractivity contribution >= 4 is 5.69 Å². The predicted molar refractivity (Wildman–Crippen MR) is 140 cm³/mol. The molecule has 0 bridgehead atoms. The molecule has 5 nitrogen and oxygen atoms in total. The Labute approximate surface area is 204 Å². The number of fused-ring (bicyclic) bond motifs is 1. The van der Waals surface area contributed by atoms with Crippen molar-refractivity contribution < 1.29 is 9.47 Å². The van der Waals surface area contributed by atoms with E-state index in [-0.39, 0.29) is 0 Å². The van der Waals surface area contributed by atoms with Crippen molar-refractivity contribution in [2.24, 2.45) is 0 Å². The molecule has 0 saturated carbocycles. The van der Waals surface area contributed by atoms with Gasteiger partial charge in [-0.2, -0.15) is 0 Å². The van der Waals surface area contributed by atoms with Crippen molar-refractivity contribution in [2.45, 2.75) is 60.3 Å². The van der Waals surface area contributed by atoms with E-state index in [1.54, 1.807) is 0 Å². The van der Waals surface area contributed by atoms with Crippen LogP contribution < -0.4 is 14.4 Å². The van der Waals surface area contributed by atoms with Gasteiger partial charge in [0, 0.05) is 24.2 Å². The average molecular weight is 460 g/mol. The van der Waals surface area contributed by atoms with Gasteiger partial charge in [0.05, 0.1) is 17.1 Å². The third kappa shape index (κ3) is 4.75. The first-order valence-electron chi connectivity index (χ1n) is 12.8. The first-order valence-corrected chi connectivity index (χ1v) is 12.8. The summed E-state index contributed by atoms with van der Waals surface area (Å²) in [7, 11) is 0. The SMILES string of the molecule is CCCN(CCC)c1c(C)nc(-c2c(CC)cccc2CC)nc1-c1ccc2c(c1)OCCO2. The van der Waals surface area contributed by atoms with E-state index in [0.29, 0.717) is 13.2 Å². The van der Waals surface area contributed by atoms with E-state index < -0.39 is 0 Å². The largest absolute Gasteiger partial charge is 0.486 e. The second kappa shape index (κ2) is 10.9. The fraction of sp³-hybridized carbons (Fsp3) is 0.448. The van der Waals surface area contributed by atoms with Gasteiger partial charge in [-0.3, -0.25) is 0 Å². The van der Waals surface area contributed by atoms with Crippen LogP contribution in [-0.2, 0) is 12.8 Å². The van der Waals surface area contributed by atoms with Gasteiger partial charge >= 0.3 is 0 Å². The normalized spacial score (nSPS) is 12.6. The average Bonchev–Trinajstić information content (AvgIpc) is 2.87. The van der Waals surface area contributed by atoms with Gasteiger partial charge < -0.3 is 14.4 Å². The molecular weight excluding hydrogens is 422 g/mol. The molecule has 3 aromatic rings. The summed E-state index contributed by atoms with van der Waals surface area (Å²) in [6, 6.07) is 12.7. The highest BCUT2D eigenvalue weighted by Gasteiger charge is 2.23. The van der Waals surface area contributed by atoms with E-state index >= 15 is 0 Å². The van der Waals surface area contributed by atoms with Crippen LogP contribution >= 0.6 is 0 Å². The van der Waals surface area contributed by atoms with E-state index in [9.17, 15) is 0 Å². The molecule has 0 atom stereocenters. The Bertz CT molecular complexity index is 1110. The minimum absolute atomic E-state index is 0.568. The predicted octanol–water partition coefficient (Wildman–Crippen LogP) is 6.64. The number of nitrogens with zero attached hydrogens (tertiary/aromatic N) is 3. The van der Waals surface area contributed by atoms with E-state index in [2.05, 4.69) is 69.9 Å². The summed E-state index contributed by atoms with van der Waals surface area (Å²) in [6.45, 7) is 14.1. The number of aromatic nitrogens is 2. The Morgan fingerprint density at radius 2 is 1.47 bits per heavy atom. The molecule has 1 aliphatic rings. The molecule has 0 aliphatic carbocycles. The minimum Gasteiger partial charge on any atom is -0.486 e. The summed E-state index contributed by atoms with van der Waals surface area (Å²) in [6.07, 6.45) is 4.04. The van der Waals surface area contributed by atoms with E-state index in [4.69, 9.17) is 19.4 Å². The maximum atomic E-state index is 5.92. The molecule has 0 N–H and O–H groups in total. The number of hydrogen-bond donors (Lipinski definition) is 0. The van der Waals surface area contributed by atoms with Crippen LogP contribution in [0.5, 0.6) is 11.5 Å². The number of aryl methyl sites for hydroxylation is 3. The number of ether oxygens (including phenoxy) is 2. The molecule has 0 saturated heterocycles. The van der Waals surface area contributed by atoms with Gasteiger partial charge in [-0.05, 0) is 61.9 Å². The maximum absolute atomic E-state index is 5.92. The smallest absolute Gasteiger partial charge is 0.162 e. The van der Waals surface area contributed by atoms with Gasteiger partial charge in [-0.15, -0.1) is 0 Å². The number of rotatable bonds is 9. The molecule has 1 aromatic heterocycles. The Balaban J connectivity index is 1.96. The Morgan fingerprint density at radius 3 is 2.09 bits per heavy atom. The summed E-state index contributed by atoms with van der Waals surface area (Å²) < 4.78 is 11.7. The zero-order chi connectivity index (χ0) is 24.1. The van der Waals surface area contributed by atoms with Gasteiger partial charge in [-0.25, -0.2) is 9.97 Å². The van der Waals surface area contributed by atoms with Crippen LogP contribution in [0.4, 0.5) is 5.69 Å². The Kier molecular flexibility index (Phi) is 7.71. The molecule has 0 amide bonds. The van der Waals surface area contributed by atoms with E-state index in [0.717, 1.165) is 78.7 Å². The summed E-state index contributed by atoms with van der Waals surface area (Å²) in [5.41, 5.74) is 7.90. The molecule has 0 spiro atoms. The van der Waals surface area contributed by atoms with Gasteiger partial charge in [0.1, 0.15) is 13.2 Å². The zero-order valence-corrected chi connectivity index (χ0v) is 21.3. The van der Waals surface area contributed by atoms with Gasteiger partial charge in [0.15, 0.2) is 17.3 Å². The lowest BCUT2D eigenvalue weighted by molar-refractivity contribution is 0.171. The highest BCUT2D eigenvalue weighted by molar-refractivity contribution is 5.81. The van der Waals surface area contributed by atoms with Crippen LogP contribution in [0.15, 0.2) is 36.4 Å². The lowest BCUT2D eigenvalue weighted by atomic mass is 9.96. The summed E-state index contributed by atoms with van der Waals surface area (Å²) in [5.74, 6) is 2.40. The summed E-state index contributed by atoms with van der Waals surface area (Å²) in [4.78, 5) is 12.8.